The average Bonchev–Trinajstić information content (AvgIpc) is 2.70. The van der Waals surface area contributed by atoms with Crippen LogP contribution >= 0.6 is 11.6 Å². The smallest absolute Gasteiger partial charge is 0.132 e. The number of benzene rings is 1. The van der Waals surface area contributed by atoms with Gasteiger partial charge < -0.3 is 10.3 Å². The van der Waals surface area contributed by atoms with Gasteiger partial charge in [-0.25, -0.2) is 9.37 Å². The third kappa shape index (κ3) is 2.42. The number of hydrogen-bond donors (Lipinski definition) is 1. The molecule has 0 spiro atoms. The number of terminal acetylenes is 1. The molecule has 2 N–H and O–H groups in total. The monoisotopic (exact) mass is 277 g/mol. The highest BCUT2D eigenvalue weighted by atomic mass is 35.5. The number of nitrogen functional groups attached to an aromatic ring is 1. The average molecular weight is 278 g/mol. The summed E-state index contributed by atoms with van der Waals surface area (Å²) in [4.78, 5) is 4.36. The molecule has 0 atom stereocenters. The van der Waals surface area contributed by atoms with Crippen LogP contribution in [0.2, 0.25) is 5.02 Å². The lowest BCUT2D eigenvalue weighted by Crippen LogP contribution is -2.05. The topological polar surface area (TPSA) is 43.8 Å². The Morgan fingerprint density at radius 3 is 2.89 bits per heavy atom. The molecule has 98 valence electrons. The van der Waals surface area contributed by atoms with Crippen LogP contribution in [0.1, 0.15) is 12.7 Å². The zero-order valence-corrected chi connectivity index (χ0v) is 11.2. The molecular weight excluding hydrogens is 265 g/mol. The number of hydrogen-bond acceptors (Lipinski definition) is 2. The lowest BCUT2D eigenvalue weighted by molar-refractivity contribution is 0.631. The molecule has 1 aromatic carbocycles. The van der Waals surface area contributed by atoms with E-state index < -0.39 is 5.82 Å². The minimum absolute atomic E-state index is 0.287. The molecule has 0 aliphatic heterocycles. The molecule has 0 aliphatic rings. The molecule has 0 radical (unpaired) electrons. The molecule has 0 bridgehead atoms. The van der Waals surface area contributed by atoms with E-state index in [1.165, 1.54) is 18.2 Å². The van der Waals surface area contributed by atoms with Gasteiger partial charge in [0.1, 0.15) is 23.2 Å². The third-order valence-corrected chi connectivity index (χ3v) is 3.07. The molecule has 19 heavy (non-hydrogen) atoms. The van der Waals surface area contributed by atoms with Crippen LogP contribution in [-0.4, -0.2) is 9.55 Å². The van der Waals surface area contributed by atoms with Crippen LogP contribution in [0.25, 0.3) is 11.3 Å². The van der Waals surface area contributed by atoms with Crippen LogP contribution in [0.15, 0.2) is 18.2 Å². The molecule has 1 heterocycles. The summed E-state index contributed by atoms with van der Waals surface area (Å²) in [6.07, 6.45) is 5.97. The van der Waals surface area contributed by atoms with Crippen LogP contribution in [0.4, 0.5) is 10.2 Å². The van der Waals surface area contributed by atoms with Crippen LogP contribution in [0, 0.1) is 18.2 Å². The first-order chi connectivity index (χ1) is 9.08. The van der Waals surface area contributed by atoms with Crippen LogP contribution in [0.5, 0.6) is 0 Å². The van der Waals surface area contributed by atoms with Crippen molar-refractivity contribution < 1.29 is 4.39 Å². The summed E-state index contributed by atoms with van der Waals surface area (Å²) in [6.45, 7) is 2.25. The molecule has 2 rings (SSSR count). The molecule has 0 saturated heterocycles. The summed E-state index contributed by atoms with van der Waals surface area (Å²) in [6, 6.07) is 4.29. The van der Waals surface area contributed by atoms with Crippen molar-refractivity contribution in [3.63, 3.8) is 0 Å². The molecule has 0 amide bonds. The number of halogens is 2. The highest BCUT2D eigenvalue weighted by molar-refractivity contribution is 6.30. The van der Waals surface area contributed by atoms with E-state index in [0.717, 1.165) is 5.82 Å². The number of nitrogens with two attached hydrogens (primary N) is 1. The summed E-state index contributed by atoms with van der Waals surface area (Å²) in [7, 11) is 0. The van der Waals surface area contributed by atoms with E-state index in [4.69, 9.17) is 23.8 Å². The van der Waals surface area contributed by atoms with E-state index >= 15 is 0 Å². The predicted octanol–water partition coefficient (Wildman–Crippen LogP) is 3.12. The van der Waals surface area contributed by atoms with Crippen LogP contribution < -0.4 is 5.73 Å². The molecule has 1 aromatic heterocycles. The summed E-state index contributed by atoms with van der Waals surface area (Å²) >= 11 is 5.89. The van der Waals surface area contributed by atoms with Gasteiger partial charge in [-0.3, -0.25) is 0 Å². The summed E-state index contributed by atoms with van der Waals surface area (Å²) in [5.74, 6) is 3.18. The standard InChI is InChI=1S/C14H13ClFN3/c1-3-7-19-12(4-2)18-13(14(19)17)10-8-9(15)5-6-11(10)16/h1,5-6,8H,4,7,17H2,2H3. The zero-order chi connectivity index (χ0) is 14.0. The highest BCUT2D eigenvalue weighted by Crippen LogP contribution is 2.30. The van der Waals surface area contributed by atoms with Crippen molar-refractivity contribution in [3.05, 3.63) is 34.9 Å². The van der Waals surface area contributed by atoms with Crippen molar-refractivity contribution in [2.75, 3.05) is 5.73 Å². The van der Waals surface area contributed by atoms with Gasteiger partial charge in [0.15, 0.2) is 0 Å². The Balaban J connectivity index is 2.63. The van der Waals surface area contributed by atoms with Crippen LogP contribution in [-0.2, 0) is 13.0 Å². The van der Waals surface area contributed by atoms with E-state index in [0.29, 0.717) is 29.5 Å². The highest BCUT2D eigenvalue weighted by Gasteiger charge is 2.17. The zero-order valence-electron chi connectivity index (χ0n) is 10.5. The van der Waals surface area contributed by atoms with Crippen molar-refractivity contribution in [2.45, 2.75) is 19.9 Å². The number of imidazole rings is 1. The largest absolute Gasteiger partial charge is 0.383 e. The summed E-state index contributed by atoms with van der Waals surface area (Å²) < 4.78 is 15.6. The van der Waals surface area contributed by atoms with Crippen molar-refractivity contribution in [1.29, 1.82) is 0 Å². The second-order valence-electron chi connectivity index (χ2n) is 4.03. The maximum Gasteiger partial charge on any atom is 0.132 e. The first kappa shape index (κ1) is 13.4. The fourth-order valence-corrected chi connectivity index (χ4v) is 2.10. The van der Waals surface area contributed by atoms with Gasteiger partial charge in [-0.1, -0.05) is 24.4 Å². The van der Waals surface area contributed by atoms with Gasteiger partial charge in [0, 0.05) is 17.0 Å². The SMILES string of the molecule is C#CCn1c(CC)nc(-c2cc(Cl)ccc2F)c1N. The summed E-state index contributed by atoms with van der Waals surface area (Å²) in [5, 5.41) is 0.431. The van der Waals surface area contributed by atoms with E-state index in [1.54, 1.807) is 4.57 Å². The van der Waals surface area contributed by atoms with Crippen LogP contribution in [0.3, 0.4) is 0 Å². The van der Waals surface area contributed by atoms with Gasteiger partial charge in [-0.15, -0.1) is 6.42 Å². The second kappa shape index (κ2) is 5.33. The van der Waals surface area contributed by atoms with Crippen molar-refractivity contribution in [1.82, 2.24) is 9.55 Å². The fourth-order valence-electron chi connectivity index (χ4n) is 1.93. The Kier molecular flexibility index (Phi) is 3.77. The first-order valence-electron chi connectivity index (χ1n) is 5.82. The second-order valence-corrected chi connectivity index (χ2v) is 4.47. The number of nitrogens with zero attached hydrogens (tertiary/aromatic N) is 2. The Labute approximate surface area is 116 Å². The number of aryl methyl sites for hydroxylation is 1. The van der Waals surface area contributed by atoms with E-state index in [1.807, 2.05) is 6.92 Å². The number of rotatable bonds is 3. The van der Waals surface area contributed by atoms with Gasteiger partial charge in [-0.2, -0.15) is 0 Å². The fraction of sp³-hybridized carbons (Fsp3) is 0.214. The van der Waals surface area contributed by atoms with Gasteiger partial charge in [0.05, 0.1) is 6.54 Å². The Morgan fingerprint density at radius 1 is 1.53 bits per heavy atom. The Morgan fingerprint density at radius 2 is 2.26 bits per heavy atom. The molecule has 0 unspecified atom stereocenters. The van der Waals surface area contributed by atoms with Gasteiger partial charge in [0.2, 0.25) is 0 Å². The normalized spacial score (nSPS) is 10.4. The first-order valence-corrected chi connectivity index (χ1v) is 6.20. The Bertz CT molecular complexity index is 655. The number of anilines is 1. The quantitative estimate of drug-likeness (QED) is 0.876. The molecule has 0 saturated carbocycles. The van der Waals surface area contributed by atoms with E-state index in [2.05, 4.69) is 10.9 Å². The third-order valence-electron chi connectivity index (χ3n) is 2.84. The van der Waals surface area contributed by atoms with Crippen molar-refractivity contribution >= 4 is 17.4 Å². The minimum Gasteiger partial charge on any atom is -0.383 e. The van der Waals surface area contributed by atoms with Crippen molar-refractivity contribution in [3.8, 4) is 23.6 Å². The molecular formula is C14H13ClFN3. The van der Waals surface area contributed by atoms with Crippen molar-refractivity contribution in [2.24, 2.45) is 0 Å². The minimum atomic E-state index is -0.413. The van der Waals surface area contributed by atoms with Gasteiger partial charge in [-0.05, 0) is 18.2 Å². The molecule has 3 nitrogen and oxygen atoms in total. The maximum atomic E-state index is 13.9. The molecule has 0 aliphatic carbocycles. The molecule has 0 fully saturated rings. The predicted molar refractivity (Wildman–Crippen MR) is 75.3 cm³/mol. The maximum absolute atomic E-state index is 13.9. The summed E-state index contributed by atoms with van der Waals surface area (Å²) in [5.41, 5.74) is 6.68. The van der Waals surface area contributed by atoms with Gasteiger partial charge in [0.25, 0.3) is 0 Å². The van der Waals surface area contributed by atoms with Gasteiger partial charge >= 0.3 is 0 Å². The number of aromatic nitrogens is 2. The Hall–Kier alpha value is -1.99. The lowest BCUT2D eigenvalue weighted by atomic mass is 10.1. The van der Waals surface area contributed by atoms with E-state index in [-0.39, 0.29) is 5.56 Å². The van der Waals surface area contributed by atoms with E-state index in [9.17, 15) is 4.39 Å². The molecule has 5 heteroatoms. The molecule has 2 aromatic rings. The lowest BCUT2D eigenvalue weighted by Gasteiger charge is -2.05.